The summed E-state index contributed by atoms with van der Waals surface area (Å²) < 4.78 is 7.85. The minimum Gasteiger partial charge on any atom is -0.465 e. The average molecular weight is 391 g/mol. The number of carbonyl (C=O) groups excluding carboxylic acids is 2. The highest BCUT2D eigenvalue weighted by molar-refractivity contribution is 6.02. The first-order chi connectivity index (χ1) is 13.9. The van der Waals surface area contributed by atoms with E-state index < -0.39 is 11.9 Å². The predicted octanol–water partition coefficient (Wildman–Crippen LogP) is 2.92. The van der Waals surface area contributed by atoms with Gasteiger partial charge in [0.25, 0.3) is 5.56 Å². The Morgan fingerprint density at radius 1 is 1.03 bits per heavy atom. The van der Waals surface area contributed by atoms with Crippen LogP contribution in [0.5, 0.6) is 0 Å². The summed E-state index contributed by atoms with van der Waals surface area (Å²) in [5.41, 5.74) is 2.44. The van der Waals surface area contributed by atoms with E-state index in [2.05, 4.69) is 10.1 Å². The summed E-state index contributed by atoms with van der Waals surface area (Å²) in [6.07, 6.45) is 2.94. The predicted molar refractivity (Wildman–Crippen MR) is 111 cm³/mol. The summed E-state index contributed by atoms with van der Waals surface area (Å²) in [5.74, 6) is -0.847. The zero-order valence-corrected chi connectivity index (χ0v) is 16.4. The molecule has 148 valence electrons. The Balaban J connectivity index is 1.78. The molecule has 0 saturated carbocycles. The number of methoxy groups -OCH3 is 1. The number of amides is 1. The molecule has 3 rings (SSSR count). The molecule has 2 aromatic carbocycles. The molecule has 0 spiro atoms. The molecule has 3 aromatic rings. The molecule has 0 radical (unpaired) electrons. The SMILES string of the molecule is COC(=O)c1ccc(/C=C/C(=O)Nc2c(C)n(C)n(-c3ccccc3)c2=O)cc1. The molecule has 1 heterocycles. The third kappa shape index (κ3) is 4.19. The van der Waals surface area contributed by atoms with Crippen molar-refractivity contribution in [3.63, 3.8) is 0 Å². The van der Waals surface area contributed by atoms with Gasteiger partial charge in [-0.05, 0) is 42.8 Å². The van der Waals surface area contributed by atoms with Gasteiger partial charge in [0, 0.05) is 13.1 Å². The Morgan fingerprint density at radius 2 is 1.69 bits per heavy atom. The number of anilines is 1. The highest BCUT2D eigenvalue weighted by Crippen LogP contribution is 2.14. The highest BCUT2D eigenvalue weighted by atomic mass is 16.5. The van der Waals surface area contributed by atoms with E-state index in [4.69, 9.17) is 0 Å². The first kappa shape index (κ1) is 19.9. The largest absolute Gasteiger partial charge is 0.465 e. The Hall–Kier alpha value is -3.87. The van der Waals surface area contributed by atoms with Crippen molar-refractivity contribution in [2.24, 2.45) is 7.05 Å². The number of nitrogens with zero attached hydrogens (tertiary/aromatic N) is 2. The van der Waals surface area contributed by atoms with Crippen LogP contribution < -0.4 is 10.9 Å². The summed E-state index contributed by atoms with van der Waals surface area (Å²) in [5, 5.41) is 2.66. The summed E-state index contributed by atoms with van der Waals surface area (Å²) in [7, 11) is 3.08. The molecule has 0 unspecified atom stereocenters. The zero-order chi connectivity index (χ0) is 21.0. The molecule has 7 heteroatoms. The van der Waals surface area contributed by atoms with Gasteiger partial charge < -0.3 is 10.1 Å². The van der Waals surface area contributed by atoms with Crippen molar-refractivity contribution in [3.05, 3.63) is 87.8 Å². The van der Waals surface area contributed by atoms with Crippen LogP contribution in [0.1, 0.15) is 21.6 Å². The maximum Gasteiger partial charge on any atom is 0.337 e. The number of rotatable bonds is 5. The summed E-state index contributed by atoms with van der Waals surface area (Å²) in [6, 6.07) is 15.8. The number of benzene rings is 2. The van der Waals surface area contributed by atoms with Crippen LogP contribution >= 0.6 is 0 Å². The van der Waals surface area contributed by atoms with Crippen LogP contribution in [0.4, 0.5) is 5.69 Å². The molecule has 29 heavy (non-hydrogen) atoms. The molecule has 1 aromatic heterocycles. The first-order valence-corrected chi connectivity index (χ1v) is 8.94. The lowest BCUT2D eigenvalue weighted by molar-refractivity contribution is -0.111. The van der Waals surface area contributed by atoms with Crippen LogP contribution in [-0.2, 0) is 16.6 Å². The van der Waals surface area contributed by atoms with Crippen LogP contribution in [0.15, 0.2) is 65.5 Å². The van der Waals surface area contributed by atoms with Gasteiger partial charge in [0.1, 0.15) is 5.69 Å². The topological polar surface area (TPSA) is 82.3 Å². The van der Waals surface area contributed by atoms with Gasteiger partial charge in [-0.15, -0.1) is 0 Å². The van der Waals surface area contributed by atoms with E-state index in [9.17, 15) is 14.4 Å². The third-order valence-corrected chi connectivity index (χ3v) is 4.56. The second-order valence-corrected chi connectivity index (χ2v) is 6.37. The van der Waals surface area contributed by atoms with Crippen molar-refractivity contribution >= 4 is 23.6 Å². The van der Waals surface area contributed by atoms with Gasteiger partial charge in [-0.25, -0.2) is 9.48 Å². The van der Waals surface area contributed by atoms with Gasteiger partial charge in [0.05, 0.1) is 24.1 Å². The van der Waals surface area contributed by atoms with Crippen molar-refractivity contribution in [3.8, 4) is 5.69 Å². The van der Waals surface area contributed by atoms with Crippen molar-refractivity contribution in [1.29, 1.82) is 0 Å². The number of nitrogens with one attached hydrogen (secondary N) is 1. The fraction of sp³-hybridized carbons (Fsp3) is 0.136. The molecular formula is C22H21N3O4. The molecule has 0 atom stereocenters. The van der Waals surface area contributed by atoms with E-state index in [0.717, 1.165) is 5.56 Å². The van der Waals surface area contributed by atoms with Gasteiger partial charge in [-0.2, -0.15) is 0 Å². The molecule has 7 nitrogen and oxygen atoms in total. The Morgan fingerprint density at radius 3 is 2.31 bits per heavy atom. The van der Waals surface area contributed by atoms with E-state index in [-0.39, 0.29) is 11.2 Å². The van der Waals surface area contributed by atoms with Gasteiger partial charge in [-0.3, -0.25) is 14.3 Å². The van der Waals surface area contributed by atoms with E-state index >= 15 is 0 Å². The Bertz CT molecular complexity index is 1120. The summed E-state index contributed by atoms with van der Waals surface area (Å²) >= 11 is 0. The van der Waals surface area contributed by atoms with Crippen LogP contribution in [0.2, 0.25) is 0 Å². The van der Waals surface area contributed by atoms with Crippen molar-refractivity contribution in [2.45, 2.75) is 6.92 Å². The fourth-order valence-corrected chi connectivity index (χ4v) is 2.90. The summed E-state index contributed by atoms with van der Waals surface area (Å²) in [6.45, 7) is 1.77. The van der Waals surface area contributed by atoms with Crippen molar-refractivity contribution in [2.75, 3.05) is 12.4 Å². The van der Waals surface area contributed by atoms with E-state index in [1.54, 1.807) is 49.0 Å². The minimum absolute atomic E-state index is 0.229. The number of para-hydroxylation sites is 1. The van der Waals surface area contributed by atoms with Crippen LogP contribution in [0.3, 0.4) is 0 Å². The van der Waals surface area contributed by atoms with Gasteiger partial charge >= 0.3 is 5.97 Å². The average Bonchev–Trinajstić information content (AvgIpc) is 2.95. The molecule has 1 N–H and O–H groups in total. The second-order valence-electron chi connectivity index (χ2n) is 6.37. The molecule has 0 aliphatic rings. The van der Waals surface area contributed by atoms with Crippen molar-refractivity contribution in [1.82, 2.24) is 9.36 Å². The van der Waals surface area contributed by atoms with Crippen LogP contribution in [-0.4, -0.2) is 28.3 Å². The lowest BCUT2D eigenvalue weighted by Crippen LogP contribution is -2.22. The maximum atomic E-state index is 12.8. The standard InChI is InChI=1S/C22H21N3O4/c1-15-20(21(27)25(24(15)2)18-7-5-4-6-8-18)23-19(26)14-11-16-9-12-17(13-10-16)22(28)29-3/h4-14H,1-3H3,(H,23,26)/b14-11+. The number of ether oxygens (including phenoxy) is 1. The smallest absolute Gasteiger partial charge is 0.337 e. The second kappa shape index (κ2) is 8.43. The van der Waals surface area contributed by atoms with Gasteiger partial charge in [0.2, 0.25) is 5.91 Å². The third-order valence-electron chi connectivity index (χ3n) is 4.56. The number of carbonyl (C=O) groups is 2. The van der Waals surface area contributed by atoms with E-state index in [1.807, 2.05) is 30.3 Å². The minimum atomic E-state index is -0.424. The molecule has 0 saturated heterocycles. The zero-order valence-electron chi connectivity index (χ0n) is 16.4. The highest BCUT2D eigenvalue weighted by Gasteiger charge is 2.17. The quantitative estimate of drug-likeness (QED) is 0.536. The van der Waals surface area contributed by atoms with Gasteiger partial charge in [0.15, 0.2) is 0 Å². The monoisotopic (exact) mass is 391 g/mol. The number of hydrogen-bond acceptors (Lipinski definition) is 4. The number of esters is 1. The lowest BCUT2D eigenvalue weighted by Gasteiger charge is -2.07. The molecule has 0 aliphatic heterocycles. The van der Waals surface area contributed by atoms with Crippen molar-refractivity contribution < 1.29 is 14.3 Å². The molecule has 0 bridgehead atoms. The molecular weight excluding hydrogens is 370 g/mol. The molecule has 1 amide bonds. The number of aromatic nitrogens is 2. The fourth-order valence-electron chi connectivity index (χ4n) is 2.90. The van der Waals surface area contributed by atoms with Crippen LogP contribution in [0.25, 0.3) is 11.8 Å². The first-order valence-electron chi connectivity index (χ1n) is 8.94. The molecule has 0 fully saturated rings. The summed E-state index contributed by atoms with van der Waals surface area (Å²) in [4.78, 5) is 36.6. The number of hydrogen-bond donors (Lipinski definition) is 1. The normalized spacial score (nSPS) is 10.9. The lowest BCUT2D eigenvalue weighted by atomic mass is 10.1. The molecule has 0 aliphatic carbocycles. The van der Waals surface area contributed by atoms with E-state index in [0.29, 0.717) is 16.9 Å². The Labute approximate surface area is 167 Å². The maximum absolute atomic E-state index is 12.8. The van der Waals surface area contributed by atoms with Gasteiger partial charge in [-0.1, -0.05) is 30.3 Å². The van der Waals surface area contributed by atoms with E-state index in [1.165, 1.54) is 17.9 Å². The van der Waals surface area contributed by atoms with Crippen LogP contribution in [0, 0.1) is 6.92 Å². The Kier molecular flexibility index (Phi) is 5.78.